The largest absolute Gasteiger partial charge is 0.459 e. The molecule has 2 fully saturated rings. The molecule has 2 aromatic heterocycles. The summed E-state index contributed by atoms with van der Waals surface area (Å²) >= 11 is 0. The van der Waals surface area contributed by atoms with Gasteiger partial charge < -0.3 is 19.0 Å². The molecule has 0 unspecified atom stereocenters. The highest BCUT2D eigenvalue weighted by Gasteiger charge is 2.44. The summed E-state index contributed by atoms with van der Waals surface area (Å²) in [6, 6.07) is 3.27. The Bertz CT molecular complexity index is 908. The lowest BCUT2D eigenvalue weighted by molar-refractivity contribution is 0.0746. The Morgan fingerprint density at radius 1 is 1.44 bits per heavy atom. The summed E-state index contributed by atoms with van der Waals surface area (Å²) in [5.41, 5.74) is 0. The molecule has 2 aromatic rings. The van der Waals surface area contributed by atoms with Gasteiger partial charge in [0.15, 0.2) is 10.8 Å². The molecule has 0 saturated carbocycles. The fourth-order valence-electron chi connectivity index (χ4n) is 3.82. The number of carbonyl (C=O) groups is 1. The number of hydrogen-bond acceptors (Lipinski definition) is 6. The van der Waals surface area contributed by atoms with Crippen LogP contribution in [0.4, 0.5) is 0 Å². The maximum atomic E-state index is 12.8. The maximum absolute atomic E-state index is 12.8. The average Bonchev–Trinajstić information content (AvgIpc) is 3.40. The van der Waals surface area contributed by atoms with Crippen molar-refractivity contribution in [3.63, 3.8) is 0 Å². The van der Waals surface area contributed by atoms with Gasteiger partial charge in [0, 0.05) is 38.8 Å². The van der Waals surface area contributed by atoms with Crippen LogP contribution in [-0.4, -0.2) is 60.5 Å². The first kappa shape index (κ1) is 18.2. The molecule has 1 amide bonds. The van der Waals surface area contributed by atoms with Crippen molar-refractivity contribution in [2.45, 2.75) is 17.6 Å². The number of amides is 1. The van der Waals surface area contributed by atoms with Crippen LogP contribution < -0.4 is 5.32 Å². The van der Waals surface area contributed by atoms with Gasteiger partial charge in [-0.2, -0.15) is 4.31 Å². The summed E-state index contributed by atoms with van der Waals surface area (Å²) in [6.07, 6.45) is 5.02. The lowest BCUT2D eigenvalue weighted by atomic mass is 9.85. The summed E-state index contributed by atoms with van der Waals surface area (Å²) in [5, 5.41) is 2.90. The third-order valence-corrected chi connectivity index (χ3v) is 7.00. The van der Waals surface area contributed by atoms with Gasteiger partial charge in [0.25, 0.3) is 15.9 Å². The van der Waals surface area contributed by atoms with Gasteiger partial charge >= 0.3 is 0 Å². The minimum atomic E-state index is -3.59. The fraction of sp³-hybridized carbons (Fsp3) is 0.529. The van der Waals surface area contributed by atoms with Crippen LogP contribution in [0.3, 0.4) is 0 Å². The predicted molar refractivity (Wildman–Crippen MR) is 94.3 cm³/mol. The van der Waals surface area contributed by atoms with E-state index in [0.717, 1.165) is 0 Å². The molecule has 146 valence electrons. The molecule has 1 N–H and O–H groups in total. The van der Waals surface area contributed by atoms with Crippen molar-refractivity contribution in [3.05, 3.63) is 36.7 Å². The zero-order chi connectivity index (χ0) is 19.0. The lowest BCUT2D eigenvalue weighted by Gasteiger charge is -2.34. The molecule has 0 aliphatic carbocycles. The van der Waals surface area contributed by atoms with E-state index in [4.69, 9.17) is 9.15 Å². The number of imidazole rings is 1. The normalized spacial score (nSPS) is 26.0. The van der Waals surface area contributed by atoms with E-state index in [-0.39, 0.29) is 34.6 Å². The smallest absolute Gasteiger partial charge is 0.287 e. The highest BCUT2D eigenvalue weighted by atomic mass is 32.2. The Kier molecular flexibility index (Phi) is 4.79. The Hall–Kier alpha value is -2.17. The SMILES string of the molecule is Cn1cnc(S(=O)(=O)N2CC[C@@H]3[C@@H](CO[C@H]3CNC(=O)c3ccco3)C2)c1. The second kappa shape index (κ2) is 7.10. The number of furan rings is 1. The number of nitrogens with one attached hydrogen (secondary N) is 1. The number of aryl methyl sites for hydroxylation is 1. The van der Waals surface area contributed by atoms with Gasteiger partial charge in [-0.3, -0.25) is 4.79 Å². The molecule has 3 atom stereocenters. The van der Waals surface area contributed by atoms with E-state index in [9.17, 15) is 13.2 Å². The molecule has 0 radical (unpaired) electrons. The number of piperidine rings is 1. The molecular formula is C17H22N4O5S. The quantitative estimate of drug-likeness (QED) is 0.790. The first-order valence-electron chi connectivity index (χ1n) is 8.86. The molecule has 0 aromatic carbocycles. The van der Waals surface area contributed by atoms with Gasteiger partial charge in [-0.05, 0) is 24.5 Å². The number of carbonyl (C=O) groups excluding carboxylic acids is 1. The number of sulfonamides is 1. The summed E-state index contributed by atoms with van der Waals surface area (Å²) in [7, 11) is -1.85. The van der Waals surface area contributed by atoms with E-state index in [0.29, 0.717) is 32.7 Å². The van der Waals surface area contributed by atoms with Crippen LogP contribution in [0.5, 0.6) is 0 Å². The van der Waals surface area contributed by atoms with Gasteiger partial charge in [0.1, 0.15) is 0 Å². The fourth-order valence-corrected chi connectivity index (χ4v) is 5.30. The van der Waals surface area contributed by atoms with Crippen LogP contribution in [0.2, 0.25) is 0 Å². The van der Waals surface area contributed by atoms with Crippen molar-refractivity contribution in [1.82, 2.24) is 19.2 Å². The number of ether oxygens (including phenoxy) is 1. The number of nitrogens with zero attached hydrogens (tertiary/aromatic N) is 3. The van der Waals surface area contributed by atoms with Crippen LogP contribution >= 0.6 is 0 Å². The van der Waals surface area contributed by atoms with E-state index in [1.54, 1.807) is 23.7 Å². The highest BCUT2D eigenvalue weighted by molar-refractivity contribution is 7.89. The topological polar surface area (TPSA) is 107 Å². The van der Waals surface area contributed by atoms with Crippen molar-refractivity contribution in [2.24, 2.45) is 18.9 Å². The van der Waals surface area contributed by atoms with Crippen molar-refractivity contribution >= 4 is 15.9 Å². The van der Waals surface area contributed by atoms with Gasteiger partial charge in [-0.25, -0.2) is 13.4 Å². The molecule has 4 rings (SSSR count). The Balaban J connectivity index is 1.36. The number of rotatable bonds is 5. The van der Waals surface area contributed by atoms with E-state index >= 15 is 0 Å². The molecule has 4 heterocycles. The summed E-state index contributed by atoms with van der Waals surface area (Å²) in [4.78, 5) is 16.0. The maximum Gasteiger partial charge on any atom is 0.287 e. The molecule has 0 bridgehead atoms. The summed E-state index contributed by atoms with van der Waals surface area (Å²) < 4.78 is 39.6. The molecule has 9 nitrogen and oxygen atoms in total. The van der Waals surface area contributed by atoms with E-state index in [2.05, 4.69) is 10.3 Å². The zero-order valence-electron chi connectivity index (χ0n) is 14.9. The Labute approximate surface area is 157 Å². The molecule has 0 spiro atoms. The van der Waals surface area contributed by atoms with Gasteiger partial charge in [0.05, 0.1) is 25.3 Å². The standard InChI is InChI=1S/C17H22N4O5S/c1-20-9-16(19-11-20)27(23,24)21-5-4-13-12(8-21)10-26-15(13)7-18-17(22)14-3-2-6-25-14/h2-3,6,9,11-13,15H,4-5,7-8,10H2,1H3,(H,18,22)/t12-,13-,15+/m1/s1. The average molecular weight is 394 g/mol. The highest BCUT2D eigenvalue weighted by Crippen LogP contribution is 2.35. The first-order valence-corrected chi connectivity index (χ1v) is 10.3. The molecule has 2 saturated heterocycles. The van der Waals surface area contributed by atoms with E-state index in [1.807, 2.05) is 0 Å². The van der Waals surface area contributed by atoms with Crippen LogP contribution in [0.25, 0.3) is 0 Å². The Morgan fingerprint density at radius 2 is 2.30 bits per heavy atom. The lowest BCUT2D eigenvalue weighted by Crippen LogP contribution is -2.46. The predicted octanol–water partition coefficient (Wildman–Crippen LogP) is 0.469. The molecule has 2 aliphatic heterocycles. The Morgan fingerprint density at radius 3 is 3.00 bits per heavy atom. The minimum Gasteiger partial charge on any atom is -0.459 e. The van der Waals surface area contributed by atoms with Crippen molar-refractivity contribution in [1.29, 1.82) is 0 Å². The van der Waals surface area contributed by atoms with Crippen molar-refractivity contribution in [3.8, 4) is 0 Å². The number of aromatic nitrogens is 2. The van der Waals surface area contributed by atoms with Crippen molar-refractivity contribution < 1.29 is 22.4 Å². The van der Waals surface area contributed by atoms with Crippen molar-refractivity contribution in [2.75, 3.05) is 26.2 Å². The van der Waals surface area contributed by atoms with Crippen LogP contribution in [-0.2, 0) is 21.8 Å². The monoisotopic (exact) mass is 394 g/mol. The second-order valence-electron chi connectivity index (χ2n) is 7.01. The van der Waals surface area contributed by atoms with E-state index in [1.165, 1.54) is 23.1 Å². The number of fused-ring (bicyclic) bond motifs is 1. The molecule has 2 aliphatic rings. The summed E-state index contributed by atoms with van der Waals surface area (Å²) in [6.45, 7) is 1.70. The number of hydrogen-bond donors (Lipinski definition) is 1. The van der Waals surface area contributed by atoms with Gasteiger partial charge in [0.2, 0.25) is 0 Å². The third kappa shape index (κ3) is 3.52. The van der Waals surface area contributed by atoms with Crippen LogP contribution in [0, 0.1) is 11.8 Å². The third-order valence-electron chi connectivity index (χ3n) is 5.25. The van der Waals surface area contributed by atoms with Gasteiger partial charge in [-0.1, -0.05) is 0 Å². The minimum absolute atomic E-state index is 0.0737. The molecule has 27 heavy (non-hydrogen) atoms. The van der Waals surface area contributed by atoms with Crippen LogP contribution in [0.1, 0.15) is 17.0 Å². The van der Waals surface area contributed by atoms with Gasteiger partial charge in [-0.15, -0.1) is 0 Å². The molecular weight excluding hydrogens is 372 g/mol. The summed E-state index contributed by atoms with van der Waals surface area (Å²) in [5.74, 6) is 0.322. The zero-order valence-corrected chi connectivity index (χ0v) is 15.8. The first-order chi connectivity index (χ1) is 12.9. The van der Waals surface area contributed by atoms with E-state index < -0.39 is 10.0 Å². The second-order valence-corrected chi connectivity index (χ2v) is 8.90. The molecule has 10 heteroatoms. The van der Waals surface area contributed by atoms with Crippen LogP contribution in [0.15, 0.2) is 40.4 Å².